The van der Waals surface area contributed by atoms with E-state index in [1.54, 1.807) is 0 Å². The van der Waals surface area contributed by atoms with Gasteiger partial charge in [0, 0.05) is 28.4 Å². The van der Waals surface area contributed by atoms with Crippen LogP contribution in [0.3, 0.4) is 0 Å². The van der Waals surface area contributed by atoms with Gasteiger partial charge in [-0.3, -0.25) is 0 Å². The summed E-state index contributed by atoms with van der Waals surface area (Å²) in [5.41, 5.74) is 5.28. The lowest BCUT2D eigenvalue weighted by Gasteiger charge is -2.33. The van der Waals surface area contributed by atoms with E-state index < -0.39 is 8.16 Å². The van der Waals surface area contributed by atoms with Crippen LogP contribution in [0.15, 0.2) is 171 Å². The lowest BCUT2D eigenvalue weighted by atomic mass is 9.94. The van der Waals surface area contributed by atoms with Gasteiger partial charge < -0.3 is 8.39 Å². The summed E-state index contributed by atoms with van der Waals surface area (Å²) in [5, 5.41) is 8.99. The van der Waals surface area contributed by atoms with Gasteiger partial charge in [-0.2, -0.15) is 4.67 Å². The fourth-order valence-corrected chi connectivity index (χ4v) is 8.91. The Labute approximate surface area is 308 Å². The van der Waals surface area contributed by atoms with Gasteiger partial charge in [-0.1, -0.05) is 154 Å². The van der Waals surface area contributed by atoms with E-state index in [-0.39, 0.29) is 12.1 Å². The Balaban J connectivity index is 0.00000228. The third-order valence-corrected chi connectivity index (χ3v) is 11.3. The molecular weight excluding hydrogens is 654 g/mol. The van der Waals surface area contributed by atoms with E-state index in [4.69, 9.17) is 14.8 Å². The second kappa shape index (κ2) is 16.2. The quantitative estimate of drug-likeness (QED) is 0.117. The number of allylic oxidation sites excluding steroid dienone is 5. The van der Waals surface area contributed by atoms with Gasteiger partial charge in [0.15, 0.2) is 0 Å². The number of nitrogens with zero attached hydrogens (tertiary/aromatic N) is 1. The fourth-order valence-electron chi connectivity index (χ4n) is 7.23. The first-order valence-electron chi connectivity index (χ1n) is 18.1. The topological polar surface area (TPSA) is 29.5 Å². The molecule has 0 aliphatic heterocycles. The fraction of sp³-hybridized carbons (Fsp3) is 0.167. The van der Waals surface area contributed by atoms with Gasteiger partial charge in [0.2, 0.25) is 0 Å². The standard InChI is InChI=1S/C46H40NO2P.C2H6/c1-7-17-31(4)37(9-3)38(18-8-2)32(5)47(33(6)39-26-16-22-34-19-10-13-23-40(34)39)50-48-43-29-27-35-20-11-14-24-41(35)45(43)46-42-25-15-12-21-36(42)28-30-44(46)49-50;1-2/h3,7-8,10-30,32-33H,4H2,1-2,5-6H3;1-2H3/b17-7-,18-8-,38-37+;. The molecule has 0 bridgehead atoms. The van der Waals surface area contributed by atoms with Crippen LogP contribution in [0.1, 0.15) is 53.1 Å². The predicted octanol–water partition coefficient (Wildman–Crippen LogP) is 14.5. The van der Waals surface area contributed by atoms with E-state index in [1.165, 1.54) is 16.3 Å². The zero-order valence-corrected chi connectivity index (χ0v) is 31.8. The maximum Gasteiger partial charge on any atom is 0.310 e. The smallest absolute Gasteiger partial charge is 0.310 e. The maximum atomic E-state index is 7.22. The molecule has 0 N–H and O–H groups in total. The van der Waals surface area contributed by atoms with Gasteiger partial charge >= 0.3 is 8.16 Å². The predicted molar refractivity (Wildman–Crippen MR) is 227 cm³/mol. The number of benzene rings is 6. The Hall–Kier alpha value is -5.52. The molecular formula is C48H46NO2P. The van der Waals surface area contributed by atoms with Crippen LogP contribution in [-0.4, -0.2) is 6.04 Å². The van der Waals surface area contributed by atoms with E-state index in [1.807, 2.05) is 45.9 Å². The summed E-state index contributed by atoms with van der Waals surface area (Å²) in [6.45, 7) is 16.8. The Bertz CT molecular complexity index is 2490. The van der Waals surface area contributed by atoms with E-state index in [2.05, 4.69) is 152 Å². The zero-order valence-electron chi connectivity index (χ0n) is 30.9. The van der Waals surface area contributed by atoms with E-state index in [0.717, 1.165) is 60.2 Å². The highest BCUT2D eigenvalue weighted by molar-refractivity contribution is 7.39. The molecule has 260 valence electrons. The molecule has 0 spiro atoms. The van der Waals surface area contributed by atoms with Crippen LogP contribution < -0.4 is 4.67 Å². The number of terminal acetylenes is 1. The zero-order chi connectivity index (χ0) is 36.8. The minimum absolute atomic E-state index is 0.137. The first-order chi connectivity index (χ1) is 25.4. The molecule has 0 saturated heterocycles. The number of hydrogen-bond donors (Lipinski definition) is 0. The average molecular weight is 700 g/mol. The van der Waals surface area contributed by atoms with Crippen LogP contribution in [0.25, 0.3) is 54.3 Å². The van der Waals surface area contributed by atoms with Crippen LogP contribution >= 0.6 is 8.16 Å². The van der Waals surface area contributed by atoms with Gasteiger partial charge in [0.25, 0.3) is 0 Å². The molecule has 0 amide bonds. The number of rotatable bonds is 8. The molecule has 2 atom stereocenters. The summed E-state index contributed by atoms with van der Waals surface area (Å²) < 4.78 is 16.8. The summed E-state index contributed by atoms with van der Waals surface area (Å²) in [5.74, 6) is 2.98. The largest absolute Gasteiger partial charge is 0.408 e. The molecule has 0 fully saturated rings. The van der Waals surface area contributed by atoms with Crippen molar-refractivity contribution in [3.63, 3.8) is 0 Å². The number of fused-ring (bicyclic) bond motifs is 8. The highest BCUT2D eigenvalue weighted by Gasteiger charge is 2.32. The minimum Gasteiger partial charge on any atom is -0.408 e. The third-order valence-electron chi connectivity index (χ3n) is 9.56. The van der Waals surface area contributed by atoms with Crippen molar-refractivity contribution in [1.29, 1.82) is 0 Å². The summed E-state index contributed by atoms with van der Waals surface area (Å²) >= 11 is 0. The van der Waals surface area contributed by atoms with E-state index in [0.29, 0.717) is 0 Å². The first kappa shape index (κ1) is 36.3. The highest BCUT2D eigenvalue weighted by Crippen LogP contribution is 2.47. The normalized spacial score (nSPS) is 13.4. The van der Waals surface area contributed by atoms with Crippen molar-refractivity contribution in [2.45, 2.75) is 53.6 Å². The summed E-state index contributed by atoms with van der Waals surface area (Å²) in [7, 11) is -1.75. The van der Waals surface area contributed by atoms with Crippen molar-refractivity contribution < 1.29 is 8.39 Å². The first-order valence-corrected chi connectivity index (χ1v) is 19.2. The summed E-state index contributed by atoms with van der Waals surface area (Å²) in [6.07, 6.45) is 14.3. The molecule has 7 rings (SSSR count). The van der Waals surface area contributed by atoms with Crippen LogP contribution in [0.5, 0.6) is 0 Å². The van der Waals surface area contributed by atoms with Crippen LogP contribution in [0, 0.1) is 12.3 Å². The average Bonchev–Trinajstić information content (AvgIpc) is 3.35. The Morgan fingerprint density at radius 1 is 0.673 bits per heavy atom. The van der Waals surface area contributed by atoms with Gasteiger partial charge in [0.05, 0.1) is 0 Å². The molecule has 1 aromatic heterocycles. The van der Waals surface area contributed by atoms with Gasteiger partial charge in [-0.05, 0) is 88.9 Å². The van der Waals surface area contributed by atoms with Crippen molar-refractivity contribution in [2.24, 2.45) is 0 Å². The summed E-state index contributed by atoms with van der Waals surface area (Å²) in [4.78, 5) is 0. The highest BCUT2D eigenvalue weighted by atomic mass is 31.1. The van der Waals surface area contributed by atoms with Crippen molar-refractivity contribution in [1.82, 2.24) is 0 Å². The van der Waals surface area contributed by atoms with Crippen molar-refractivity contribution in [3.8, 4) is 12.3 Å². The molecule has 3 nitrogen and oxygen atoms in total. The van der Waals surface area contributed by atoms with Crippen molar-refractivity contribution in [2.75, 3.05) is 4.67 Å². The molecule has 0 saturated carbocycles. The van der Waals surface area contributed by atoms with E-state index in [9.17, 15) is 0 Å². The maximum absolute atomic E-state index is 7.22. The third kappa shape index (κ3) is 6.77. The molecule has 1 heterocycles. The minimum atomic E-state index is -1.75. The molecule has 2 unspecified atom stereocenters. The second-order valence-electron chi connectivity index (χ2n) is 12.5. The van der Waals surface area contributed by atoms with Crippen LogP contribution in [0.2, 0.25) is 0 Å². The van der Waals surface area contributed by atoms with Crippen molar-refractivity contribution in [3.05, 3.63) is 168 Å². The number of hydrogen-bond acceptors (Lipinski definition) is 3. The molecule has 52 heavy (non-hydrogen) atoms. The van der Waals surface area contributed by atoms with Gasteiger partial charge in [-0.15, -0.1) is 6.42 Å². The molecule has 0 aliphatic carbocycles. The lowest BCUT2D eigenvalue weighted by Crippen LogP contribution is -2.35. The Morgan fingerprint density at radius 2 is 1.15 bits per heavy atom. The van der Waals surface area contributed by atoms with Gasteiger partial charge in [-0.25, -0.2) is 0 Å². The van der Waals surface area contributed by atoms with Crippen LogP contribution in [0.4, 0.5) is 0 Å². The molecule has 6 aromatic carbocycles. The van der Waals surface area contributed by atoms with Crippen LogP contribution in [-0.2, 0) is 0 Å². The Kier molecular flexibility index (Phi) is 11.3. The van der Waals surface area contributed by atoms with E-state index >= 15 is 0 Å². The summed E-state index contributed by atoms with van der Waals surface area (Å²) in [6, 6.07) is 40.1. The molecule has 0 aliphatic rings. The monoisotopic (exact) mass is 699 g/mol. The molecule has 0 radical (unpaired) electrons. The Morgan fingerprint density at radius 3 is 1.67 bits per heavy atom. The SMILES string of the molecule is C#C/C(C(=C)/C=C\C)=C(/C=C\C)C(C)N(C(C)c1cccc2ccccc12)p1oc2ccc3ccccc3c2c2c(ccc3ccccc32)o1.CC. The molecule has 7 aromatic rings. The molecule has 4 heteroatoms. The van der Waals surface area contributed by atoms with Crippen molar-refractivity contribution >= 4 is 62.4 Å². The lowest BCUT2D eigenvalue weighted by molar-refractivity contribution is 0.575. The van der Waals surface area contributed by atoms with Gasteiger partial charge in [0.1, 0.15) is 11.2 Å². The second-order valence-corrected chi connectivity index (χ2v) is 13.8.